The van der Waals surface area contributed by atoms with Crippen LogP contribution in [0.2, 0.25) is 0 Å². The highest BCUT2D eigenvalue weighted by Crippen LogP contribution is 2.31. The lowest BCUT2D eigenvalue weighted by atomic mass is 9.81. The minimum absolute atomic E-state index is 0.0426. The molecule has 1 amide bonds. The van der Waals surface area contributed by atoms with Crippen molar-refractivity contribution in [1.29, 1.82) is 0 Å². The number of rotatable bonds is 4. The second-order valence-electron chi connectivity index (χ2n) is 8.56. The smallest absolute Gasteiger partial charge is 0.223 e. The molecule has 2 aliphatic heterocycles. The zero-order valence-electron chi connectivity index (χ0n) is 15.9. The van der Waals surface area contributed by atoms with E-state index in [9.17, 15) is 4.79 Å². The van der Waals surface area contributed by atoms with Crippen LogP contribution < -0.4 is 0 Å². The number of aromatic nitrogens is 1. The fourth-order valence-electron chi connectivity index (χ4n) is 3.95. The van der Waals surface area contributed by atoms with E-state index < -0.39 is 0 Å². The minimum atomic E-state index is -0.0426. The molecule has 1 aromatic rings. The number of oxazole rings is 1. The summed E-state index contributed by atoms with van der Waals surface area (Å²) in [5, 5.41) is 0. The van der Waals surface area contributed by atoms with Crippen LogP contribution in [0.3, 0.4) is 0 Å². The molecule has 1 unspecified atom stereocenters. The van der Waals surface area contributed by atoms with Crippen LogP contribution in [0.25, 0.3) is 0 Å². The Kier molecular flexibility index (Phi) is 5.82. The van der Waals surface area contributed by atoms with E-state index in [0.29, 0.717) is 24.7 Å². The molecule has 2 saturated heterocycles. The number of hydrogen-bond acceptors (Lipinski definition) is 4. The van der Waals surface area contributed by atoms with E-state index in [-0.39, 0.29) is 11.3 Å². The largest absolute Gasteiger partial charge is 0.445 e. The monoisotopic (exact) mass is 348 g/mol. The number of amides is 1. The van der Waals surface area contributed by atoms with E-state index in [1.807, 2.05) is 0 Å². The van der Waals surface area contributed by atoms with Gasteiger partial charge in [-0.25, -0.2) is 4.98 Å². The molecule has 2 fully saturated rings. The summed E-state index contributed by atoms with van der Waals surface area (Å²) in [6.45, 7) is 9.90. The molecule has 0 saturated carbocycles. The van der Waals surface area contributed by atoms with Crippen molar-refractivity contribution in [2.75, 3.05) is 26.3 Å². The second kappa shape index (κ2) is 7.90. The molecule has 5 nitrogen and oxygen atoms in total. The molecule has 3 heterocycles. The molecule has 0 aromatic carbocycles. The van der Waals surface area contributed by atoms with Crippen LogP contribution in [0.4, 0.5) is 0 Å². The number of carbonyl (C=O) groups excluding carboxylic acids is 1. The lowest BCUT2D eigenvalue weighted by molar-refractivity contribution is -0.133. The van der Waals surface area contributed by atoms with E-state index in [0.717, 1.165) is 57.2 Å². The van der Waals surface area contributed by atoms with Crippen molar-refractivity contribution in [2.45, 2.75) is 64.7 Å². The van der Waals surface area contributed by atoms with Crippen molar-refractivity contribution in [3.8, 4) is 0 Å². The predicted molar refractivity (Wildman–Crippen MR) is 96.4 cm³/mol. The van der Waals surface area contributed by atoms with Gasteiger partial charge >= 0.3 is 0 Å². The molecule has 140 valence electrons. The number of carbonyl (C=O) groups is 1. The van der Waals surface area contributed by atoms with Crippen LogP contribution in [0.1, 0.15) is 64.5 Å². The maximum absolute atomic E-state index is 12.6. The standard InChI is InChI=1S/C20H32N2O3/c1-20(2,3)17-13-21-18(25-17)6-7-19(23)22-10-4-5-16(14-22)15-8-11-24-12-9-15/h13,15-16H,4-12,14H2,1-3H3. The Hall–Kier alpha value is -1.36. The Morgan fingerprint density at radius 3 is 2.68 bits per heavy atom. The van der Waals surface area contributed by atoms with Gasteiger partial charge in [-0.3, -0.25) is 4.79 Å². The molecule has 3 rings (SSSR count). The van der Waals surface area contributed by atoms with Gasteiger partial charge in [0.1, 0.15) is 5.76 Å². The van der Waals surface area contributed by atoms with Crippen molar-refractivity contribution >= 4 is 5.91 Å². The summed E-state index contributed by atoms with van der Waals surface area (Å²) in [6.07, 6.45) is 7.56. The van der Waals surface area contributed by atoms with Gasteiger partial charge in [0.25, 0.3) is 0 Å². The Labute approximate surface area is 151 Å². The lowest BCUT2D eigenvalue weighted by Crippen LogP contribution is -2.43. The first kappa shape index (κ1) is 18.4. The van der Waals surface area contributed by atoms with Crippen molar-refractivity contribution in [3.63, 3.8) is 0 Å². The van der Waals surface area contributed by atoms with E-state index in [2.05, 4.69) is 30.7 Å². The molecule has 1 aromatic heterocycles. The van der Waals surface area contributed by atoms with Crippen LogP contribution in [-0.4, -0.2) is 42.1 Å². The Morgan fingerprint density at radius 2 is 2.00 bits per heavy atom. The number of hydrogen-bond donors (Lipinski definition) is 0. The van der Waals surface area contributed by atoms with Crippen LogP contribution in [0.5, 0.6) is 0 Å². The quantitative estimate of drug-likeness (QED) is 0.835. The average molecular weight is 348 g/mol. The molecule has 5 heteroatoms. The molecule has 0 aliphatic carbocycles. The molecule has 0 bridgehead atoms. The van der Waals surface area contributed by atoms with Gasteiger partial charge in [0.15, 0.2) is 5.89 Å². The predicted octanol–water partition coefficient (Wildman–Crippen LogP) is 3.57. The summed E-state index contributed by atoms with van der Waals surface area (Å²) in [4.78, 5) is 19.0. The summed E-state index contributed by atoms with van der Waals surface area (Å²) >= 11 is 0. The van der Waals surface area contributed by atoms with Gasteiger partial charge < -0.3 is 14.1 Å². The molecular weight excluding hydrogens is 316 g/mol. The Balaban J connectivity index is 1.49. The summed E-state index contributed by atoms with van der Waals surface area (Å²) < 4.78 is 11.3. The van der Waals surface area contributed by atoms with Gasteiger partial charge in [-0.05, 0) is 37.5 Å². The number of aryl methyl sites for hydroxylation is 1. The fourth-order valence-corrected chi connectivity index (χ4v) is 3.95. The van der Waals surface area contributed by atoms with Gasteiger partial charge in [-0.15, -0.1) is 0 Å². The normalized spacial score (nSPS) is 23.0. The van der Waals surface area contributed by atoms with Crippen LogP contribution in [0.15, 0.2) is 10.6 Å². The number of ether oxygens (including phenoxy) is 1. The summed E-state index contributed by atoms with van der Waals surface area (Å²) in [5.41, 5.74) is -0.0426. The highest BCUT2D eigenvalue weighted by molar-refractivity contribution is 5.76. The van der Waals surface area contributed by atoms with Crippen molar-refractivity contribution in [2.24, 2.45) is 11.8 Å². The number of nitrogens with zero attached hydrogens (tertiary/aromatic N) is 2. The van der Waals surface area contributed by atoms with Crippen LogP contribution in [-0.2, 0) is 21.4 Å². The molecular formula is C20H32N2O3. The molecule has 1 atom stereocenters. The summed E-state index contributed by atoms with van der Waals surface area (Å²) in [5.74, 6) is 3.18. The zero-order chi connectivity index (χ0) is 17.9. The van der Waals surface area contributed by atoms with Crippen LogP contribution in [0, 0.1) is 11.8 Å². The first-order valence-corrected chi connectivity index (χ1v) is 9.74. The lowest BCUT2D eigenvalue weighted by Gasteiger charge is -2.38. The highest BCUT2D eigenvalue weighted by Gasteiger charge is 2.30. The molecule has 2 aliphatic rings. The Bertz CT molecular complexity index is 570. The first-order chi connectivity index (χ1) is 11.9. The van der Waals surface area contributed by atoms with Gasteiger partial charge in [-0.2, -0.15) is 0 Å². The van der Waals surface area contributed by atoms with E-state index in [4.69, 9.17) is 9.15 Å². The molecule has 0 N–H and O–H groups in total. The van der Waals surface area contributed by atoms with Gasteiger partial charge in [0, 0.05) is 44.6 Å². The van der Waals surface area contributed by atoms with Gasteiger partial charge in [0.05, 0.1) is 6.20 Å². The van der Waals surface area contributed by atoms with Gasteiger partial charge in [0.2, 0.25) is 5.91 Å². The second-order valence-corrected chi connectivity index (χ2v) is 8.56. The molecule has 25 heavy (non-hydrogen) atoms. The van der Waals surface area contributed by atoms with Gasteiger partial charge in [-0.1, -0.05) is 20.8 Å². The SMILES string of the molecule is CC(C)(C)c1cnc(CCC(=O)N2CCCC(C3CCOCC3)C2)o1. The topological polar surface area (TPSA) is 55.6 Å². The number of likely N-dealkylation sites (tertiary alicyclic amines) is 1. The molecule has 0 radical (unpaired) electrons. The van der Waals surface area contributed by atoms with E-state index >= 15 is 0 Å². The van der Waals surface area contributed by atoms with Crippen molar-refractivity contribution < 1.29 is 13.9 Å². The molecule has 0 spiro atoms. The number of piperidine rings is 1. The van der Waals surface area contributed by atoms with Crippen LogP contribution >= 0.6 is 0 Å². The third-order valence-corrected chi connectivity index (χ3v) is 5.59. The summed E-state index contributed by atoms with van der Waals surface area (Å²) in [7, 11) is 0. The zero-order valence-corrected chi connectivity index (χ0v) is 15.9. The highest BCUT2D eigenvalue weighted by atomic mass is 16.5. The van der Waals surface area contributed by atoms with Crippen molar-refractivity contribution in [3.05, 3.63) is 17.8 Å². The van der Waals surface area contributed by atoms with E-state index in [1.165, 1.54) is 6.42 Å². The van der Waals surface area contributed by atoms with E-state index in [1.54, 1.807) is 6.20 Å². The third kappa shape index (κ3) is 4.84. The maximum Gasteiger partial charge on any atom is 0.223 e. The third-order valence-electron chi connectivity index (χ3n) is 5.59. The summed E-state index contributed by atoms with van der Waals surface area (Å²) in [6, 6.07) is 0. The maximum atomic E-state index is 12.6. The minimum Gasteiger partial charge on any atom is -0.445 e. The average Bonchev–Trinajstić information content (AvgIpc) is 3.10. The first-order valence-electron chi connectivity index (χ1n) is 9.74. The van der Waals surface area contributed by atoms with Crippen molar-refractivity contribution in [1.82, 2.24) is 9.88 Å². The fraction of sp³-hybridized carbons (Fsp3) is 0.800. The Morgan fingerprint density at radius 1 is 1.24 bits per heavy atom.